The Balaban J connectivity index is 2.08. The summed E-state index contributed by atoms with van der Waals surface area (Å²) >= 11 is 0. The van der Waals surface area contributed by atoms with Crippen molar-refractivity contribution in [1.82, 2.24) is 9.97 Å². The zero-order valence-electron chi connectivity index (χ0n) is 8.57. The lowest BCUT2D eigenvalue weighted by Gasteiger charge is -2.00. The molecule has 0 atom stereocenters. The van der Waals surface area contributed by atoms with Crippen LogP contribution in [0.3, 0.4) is 0 Å². The molecule has 2 heterocycles. The molecule has 0 saturated carbocycles. The molecule has 4 heteroatoms. The monoisotopic (exact) mass is 215 g/mol. The molecule has 0 amide bonds. The highest BCUT2D eigenvalue weighted by atomic mass is 19.1. The predicted molar refractivity (Wildman–Crippen MR) is 59.9 cm³/mol. The van der Waals surface area contributed by atoms with Crippen molar-refractivity contribution in [3.05, 3.63) is 41.5 Å². The second kappa shape index (κ2) is 3.56. The second-order valence-corrected chi connectivity index (χ2v) is 3.72. The van der Waals surface area contributed by atoms with Gasteiger partial charge in [0.05, 0.1) is 23.5 Å². The molecule has 2 aromatic rings. The van der Waals surface area contributed by atoms with Gasteiger partial charge in [0.2, 0.25) is 0 Å². The van der Waals surface area contributed by atoms with E-state index < -0.39 is 0 Å². The van der Waals surface area contributed by atoms with E-state index in [1.807, 2.05) is 6.21 Å². The second-order valence-electron chi connectivity index (χ2n) is 3.72. The third-order valence-electron chi connectivity index (χ3n) is 2.66. The van der Waals surface area contributed by atoms with E-state index in [2.05, 4.69) is 15.0 Å². The van der Waals surface area contributed by atoms with Crippen molar-refractivity contribution in [3.63, 3.8) is 0 Å². The van der Waals surface area contributed by atoms with Gasteiger partial charge in [-0.2, -0.15) is 0 Å². The van der Waals surface area contributed by atoms with Crippen molar-refractivity contribution in [2.75, 3.05) is 0 Å². The average molecular weight is 215 g/mol. The van der Waals surface area contributed by atoms with E-state index in [1.54, 1.807) is 18.2 Å². The molecule has 1 aliphatic rings. The van der Waals surface area contributed by atoms with Gasteiger partial charge >= 0.3 is 0 Å². The van der Waals surface area contributed by atoms with E-state index in [1.165, 1.54) is 6.07 Å². The first-order valence-corrected chi connectivity index (χ1v) is 5.15. The van der Waals surface area contributed by atoms with Crippen LogP contribution in [0.4, 0.5) is 4.39 Å². The standard InChI is InChI=1S/C12H10FN3/c13-9-4-2-1-3-8(9)12-15-10-5-6-14-7-11(10)16-12/h1-4,6H,5,7H2,(H,15,16). The zero-order valence-corrected chi connectivity index (χ0v) is 8.57. The molecule has 80 valence electrons. The number of aromatic amines is 1. The molecule has 0 unspecified atom stereocenters. The number of aliphatic imine (C=N–C) groups is 1. The minimum Gasteiger partial charge on any atom is -0.340 e. The summed E-state index contributed by atoms with van der Waals surface area (Å²) in [7, 11) is 0. The number of rotatable bonds is 1. The van der Waals surface area contributed by atoms with Crippen LogP contribution in [0.5, 0.6) is 0 Å². The van der Waals surface area contributed by atoms with Crippen LogP contribution in [0.15, 0.2) is 29.3 Å². The molecule has 1 aromatic carbocycles. The number of H-pyrrole nitrogens is 1. The number of halogens is 1. The molecule has 0 saturated heterocycles. The fraction of sp³-hybridized carbons (Fsp3) is 0.167. The lowest BCUT2D eigenvalue weighted by molar-refractivity contribution is 0.630. The Labute approximate surface area is 92.1 Å². The number of hydrogen-bond donors (Lipinski definition) is 1. The summed E-state index contributed by atoms with van der Waals surface area (Å²) in [6.07, 6.45) is 2.56. The Hall–Kier alpha value is -1.97. The number of nitrogens with zero attached hydrogens (tertiary/aromatic N) is 2. The van der Waals surface area contributed by atoms with Gasteiger partial charge in [0, 0.05) is 12.6 Å². The Morgan fingerprint density at radius 1 is 1.25 bits per heavy atom. The third kappa shape index (κ3) is 1.43. The molecule has 3 rings (SSSR count). The fourth-order valence-corrected chi connectivity index (χ4v) is 1.83. The lowest BCUT2D eigenvalue weighted by atomic mass is 10.2. The summed E-state index contributed by atoms with van der Waals surface area (Å²) in [6.45, 7) is 0.608. The van der Waals surface area contributed by atoms with E-state index in [0.717, 1.165) is 17.8 Å². The van der Waals surface area contributed by atoms with Gasteiger partial charge in [-0.3, -0.25) is 4.99 Å². The fourth-order valence-electron chi connectivity index (χ4n) is 1.83. The first kappa shape index (κ1) is 9.27. The van der Waals surface area contributed by atoms with Crippen LogP contribution in [0.2, 0.25) is 0 Å². The highest BCUT2D eigenvalue weighted by Gasteiger charge is 2.14. The SMILES string of the molecule is Fc1ccccc1-c1nc2c([nH]1)CN=CC2. The van der Waals surface area contributed by atoms with Crippen LogP contribution in [0.25, 0.3) is 11.4 Å². The van der Waals surface area contributed by atoms with Crippen LogP contribution in [0, 0.1) is 5.82 Å². The molecule has 0 spiro atoms. The number of benzene rings is 1. The summed E-state index contributed by atoms with van der Waals surface area (Å²) < 4.78 is 13.5. The molecule has 3 nitrogen and oxygen atoms in total. The number of nitrogens with one attached hydrogen (secondary N) is 1. The van der Waals surface area contributed by atoms with E-state index in [4.69, 9.17) is 0 Å². The molecule has 1 N–H and O–H groups in total. The Kier molecular flexibility index (Phi) is 2.06. The maximum absolute atomic E-state index is 13.5. The molecule has 0 fully saturated rings. The molecule has 1 aromatic heterocycles. The predicted octanol–water partition coefficient (Wildman–Crippen LogP) is 2.34. The molecular formula is C12H10FN3. The van der Waals surface area contributed by atoms with Crippen molar-refractivity contribution in [1.29, 1.82) is 0 Å². The Morgan fingerprint density at radius 3 is 2.94 bits per heavy atom. The summed E-state index contributed by atoms with van der Waals surface area (Å²) in [5.41, 5.74) is 2.46. The van der Waals surface area contributed by atoms with Crippen molar-refractivity contribution in [2.24, 2.45) is 4.99 Å². The smallest absolute Gasteiger partial charge is 0.140 e. The van der Waals surface area contributed by atoms with Crippen molar-refractivity contribution in [2.45, 2.75) is 13.0 Å². The average Bonchev–Trinajstić information content (AvgIpc) is 2.73. The van der Waals surface area contributed by atoms with Crippen LogP contribution in [0.1, 0.15) is 11.4 Å². The number of aromatic nitrogens is 2. The number of fused-ring (bicyclic) bond motifs is 1. The first-order chi connectivity index (χ1) is 7.84. The quantitative estimate of drug-likeness (QED) is 0.779. The maximum Gasteiger partial charge on any atom is 0.140 e. The molecule has 0 bridgehead atoms. The van der Waals surface area contributed by atoms with Crippen molar-refractivity contribution in [3.8, 4) is 11.4 Å². The van der Waals surface area contributed by atoms with E-state index in [0.29, 0.717) is 17.9 Å². The van der Waals surface area contributed by atoms with Gasteiger partial charge < -0.3 is 4.98 Å². The largest absolute Gasteiger partial charge is 0.340 e. The molecule has 0 aliphatic carbocycles. The lowest BCUT2D eigenvalue weighted by Crippen LogP contribution is -1.99. The van der Waals surface area contributed by atoms with Crippen LogP contribution < -0.4 is 0 Å². The molecule has 16 heavy (non-hydrogen) atoms. The molecular weight excluding hydrogens is 205 g/mol. The van der Waals surface area contributed by atoms with Crippen molar-refractivity contribution < 1.29 is 4.39 Å². The maximum atomic E-state index is 13.5. The van der Waals surface area contributed by atoms with Gasteiger partial charge in [-0.25, -0.2) is 9.37 Å². The van der Waals surface area contributed by atoms with Crippen LogP contribution >= 0.6 is 0 Å². The third-order valence-corrected chi connectivity index (χ3v) is 2.66. The van der Waals surface area contributed by atoms with Gasteiger partial charge in [0.1, 0.15) is 11.6 Å². The van der Waals surface area contributed by atoms with Gasteiger partial charge in [-0.15, -0.1) is 0 Å². The van der Waals surface area contributed by atoms with E-state index in [9.17, 15) is 4.39 Å². The normalized spacial score (nSPS) is 13.8. The highest BCUT2D eigenvalue weighted by Crippen LogP contribution is 2.22. The zero-order chi connectivity index (χ0) is 11.0. The summed E-state index contributed by atoms with van der Waals surface area (Å²) in [5, 5.41) is 0. The Bertz CT molecular complexity index is 532. The van der Waals surface area contributed by atoms with Crippen LogP contribution in [-0.4, -0.2) is 16.2 Å². The minimum absolute atomic E-state index is 0.255. The summed E-state index contributed by atoms with van der Waals surface area (Å²) in [6, 6.07) is 6.63. The summed E-state index contributed by atoms with van der Waals surface area (Å²) in [5.74, 6) is 0.336. The summed E-state index contributed by atoms with van der Waals surface area (Å²) in [4.78, 5) is 11.7. The van der Waals surface area contributed by atoms with E-state index in [-0.39, 0.29) is 5.82 Å². The number of hydrogen-bond acceptors (Lipinski definition) is 2. The van der Waals surface area contributed by atoms with Gasteiger partial charge in [0.15, 0.2) is 0 Å². The van der Waals surface area contributed by atoms with Gasteiger partial charge in [-0.1, -0.05) is 12.1 Å². The first-order valence-electron chi connectivity index (χ1n) is 5.15. The molecule has 1 aliphatic heterocycles. The number of imidazole rings is 1. The molecule has 0 radical (unpaired) electrons. The minimum atomic E-state index is -0.255. The topological polar surface area (TPSA) is 41.0 Å². The van der Waals surface area contributed by atoms with Gasteiger partial charge in [-0.05, 0) is 12.1 Å². The van der Waals surface area contributed by atoms with Gasteiger partial charge in [0.25, 0.3) is 0 Å². The highest BCUT2D eigenvalue weighted by molar-refractivity contribution is 5.65. The van der Waals surface area contributed by atoms with E-state index >= 15 is 0 Å². The van der Waals surface area contributed by atoms with Crippen molar-refractivity contribution >= 4 is 6.21 Å². The van der Waals surface area contributed by atoms with Crippen LogP contribution in [-0.2, 0) is 13.0 Å². The Morgan fingerprint density at radius 2 is 2.12 bits per heavy atom.